The molecule has 2 amide bonds. The van der Waals surface area contributed by atoms with Crippen LogP contribution in [0.1, 0.15) is 25.3 Å². The van der Waals surface area contributed by atoms with Gasteiger partial charge in [0, 0.05) is 12.0 Å². The van der Waals surface area contributed by atoms with Gasteiger partial charge in [-0.2, -0.15) is 9.28 Å². The fourth-order valence-electron chi connectivity index (χ4n) is 2.48. The summed E-state index contributed by atoms with van der Waals surface area (Å²) < 4.78 is -0.454. The van der Waals surface area contributed by atoms with E-state index in [0.29, 0.717) is 12.8 Å². The first kappa shape index (κ1) is 11.8. The van der Waals surface area contributed by atoms with Gasteiger partial charge >= 0.3 is 12.0 Å². The molecule has 2 atom stereocenters. The molecule has 0 bridgehead atoms. The molecule has 4 nitrogen and oxygen atoms in total. The van der Waals surface area contributed by atoms with Crippen molar-refractivity contribution in [2.75, 3.05) is 0 Å². The van der Waals surface area contributed by atoms with Crippen LogP contribution in [0.3, 0.4) is 0 Å². The molecule has 0 radical (unpaired) electrons. The number of carbonyl (C=O) groups excluding carboxylic acids is 1. The molecule has 0 aliphatic carbocycles. The summed E-state index contributed by atoms with van der Waals surface area (Å²) in [6, 6.07) is 9.17. The number of likely N-dealkylation sites (tertiary alicyclic amines) is 1. The number of rotatable bonds is 2. The van der Waals surface area contributed by atoms with Gasteiger partial charge in [-0.25, -0.2) is 4.79 Å². The van der Waals surface area contributed by atoms with Gasteiger partial charge in [-0.15, -0.1) is 0 Å². The Balaban J connectivity index is 2.36. The van der Waals surface area contributed by atoms with Crippen LogP contribution >= 0.6 is 0 Å². The third-order valence-electron chi connectivity index (χ3n) is 3.59. The lowest BCUT2D eigenvalue weighted by atomic mass is 10.1. The predicted octanol–water partition coefficient (Wildman–Crippen LogP) is 2.39. The number of carbonyl (C=O) groups is 2. The van der Waals surface area contributed by atoms with Crippen molar-refractivity contribution in [1.82, 2.24) is 0 Å². The molecular formula is C13H16NO3+. The zero-order valence-corrected chi connectivity index (χ0v) is 9.80. The second-order valence-corrected chi connectivity index (χ2v) is 4.58. The van der Waals surface area contributed by atoms with Crippen molar-refractivity contribution in [3.05, 3.63) is 35.9 Å². The van der Waals surface area contributed by atoms with Crippen LogP contribution in [0.5, 0.6) is 0 Å². The molecule has 1 aromatic carbocycles. The highest BCUT2D eigenvalue weighted by Gasteiger charge is 2.53. The lowest BCUT2D eigenvalue weighted by Gasteiger charge is -2.29. The van der Waals surface area contributed by atoms with E-state index in [1.807, 2.05) is 37.3 Å². The van der Waals surface area contributed by atoms with Crippen LogP contribution in [0.25, 0.3) is 0 Å². The third kappa shape index (κ3) is 1.85. The Bertz CT molecular complexity index is 443. The zero-order chi connectivity index (χ0) is 12.5. The van der Waals surface area contributed by atoms with Crippen LogP contribution < -0.4 is 0 Å². The van der Waals surface area contributed by atoms with Crippen molar-refractivity contribution in [2.24, 2.45) is 0 Å². The molecule has 0 spiro atoms. The molecule has 90 valence electrons. The van der Waals surface area contributed by atoms with Crippen molar-refractivity contribution in [2.45, 2.75) is 32.4 Å². The Morgan fingerprint density at radius 2 is 2.06 bits per heavy atom. The van der Waals surface area contributed by atoms with Gasteiger partial charge in [0.05, 0.1) is 6.42 Å². The number of hydrogen-bond acceptors (Lipinski definition) is 2. The molecule has 1 saturated heterocycles. The summed E-state index contributed by atoms with van der Waals surface area (Å²) in [5.74, 6) is -0.186. The average molecular weight is 234 g/mol. The summed E-state index contributed by atoms with van der Waals surface area (Å²) in [6.45, 7) is 2.08. The number of quaternary nitrogens is 1. The van der Waals surface area contributed by atoms with E-state index in [4.69, 9.17) is 0 Å². The fraction of sp³-hybridized carbons (Fsp3) is 0.385. The first-order valence-corrected chi connectivity index (χ1v) is 5.76. The van der Waals surface area contributed by atoms with Crippen LogP contribution in [0, 0.1) is 0 Å². The third-order valence-corrected chi connectivity index (χ3v) is 3.59. The highest BCUT2D eigenvalue weighted by Crippen LogP contribution is 2.31. The van der Waals surface area contributed by atoms with E-state index < -0.39 is 10.6 Å². The van der Waals surface area contributed by atoms with Crippen molar-refractivity contribution in [3.8, 4) is 0 Å². The lowest BCUT2D eigenvalue weighted by molar-refractivity contribution is -0.811. The maximum absolute atomic E-state index is 11.9. The van der Waals surface area contributed by atoms with Crippen molar-refractivity contribution >= 4 is 12.0 Å². The summed E-state index contributed by atoms with van der Waals surface area (Å²) in [7, 11) is 0. The van der Waals surface area contributed by atoms with E-state index in [0.717, 1.165) is 5.56 Å². The van der Waals surface area contributed by atoms with Gasteiger partial charge in [0.2, 0.25) is 0 Å². The van der Waals surface area contributed by atoms with Gasteiger partial charge < -0.3 is 5.11 Å². The molecular weight excluding hydrogens is 218 g/mol. The number of benzene rings is 1. The topological polar surface area (TPSA) is 54.4 Å². The van der Waals surface area contributed by atoms with Crippen LogP contribution in [0.4, 0.5) is 4.79 Å². The van der Waals surface area contributed by atoms with Crippen molar-refractivity contribution < 1.29 is 19.2 Å². The van der Waals surface area contributed by atoms with Gasteiger partial charge in [0.25, 0.3) is 0 Å². The Kier molecular flexibility index (Phi) is 2.98. The summed E-state index contributed by atoms with van der Waals surface area (Å²) in [5.41, 5.74) is 0.886. The molecule has 1 aromatic rings. The summed E-state index contributed by atoms with van der Waals surface area (Å²) in [6.07, 6.45) is -0.0259. The normalized spacial score (nSPS) is 28.3. The highest BCUT2D eigenvalue weighted by atomic mass is 16.4. The maximum atomic E-state index is 11.9. The van der Waals surface area contributed by atoms with Gasteiger partial charge in [0.15, 0.2) is 0 Å². The Morgan fingerprint density at radius 1 is 1.41 bits per heavy atom. The maximum Gasteiger partial charge on any atom is 0.521 e. The Morgan fingerprint density at radius 3 is 2.53 bits per heavy atom. The molecule has 1 aliphatic heterocycles. The minimum atomic E-state index is -1.04. The van der Waals surface area contributed by atoms with Crippen molar-refractivity contribution in [1.29, 1.82) is 0 Å². The Labute approximate surface area is 100 Å². The van der Waals surface area contributed by atoms with E-state index in [9.17, 15) is 14.7 Å². The molecule has 1 aliphatic rings. The molecule has 17 heavy (non-hydrogen) atoms. The highest BCUT2D eigenvalue weighted by molar-refractivity contribution is 5.82. The van der Waals surface area contributed by atoms with Gasteiger partial charge in [-0.1, -0.05) is 30.3 Å². The van der Waals surface area contributed by atoms with E-state index in [1.165, 1.54) is 0 Å². The first-order valence-electron chi connectivity index (χ1n) is 5.76. The molecule has 2 rings (SSSR count). The van der Waals surface area contributed by atoms with E-state index in [2.05, 4.69) is 0 Å². The second-order valence-electron chi connectivity index (χ2n) is 4.58. The molecule has 1 unspecified atom stereocenters. The minimum absolute atomic E-state index is 0.153. The molecule has 4 heteroatoms. The molecule has 0 aromatic heterocycles. The summed E-state index contributed by atoms with van der Waals surface area (Å²) in [4.78, 5) is 23.4. The molecule has 1 heterocycles. The summed E-state index contributed by atoms with van der Waals surface area (Å²) in [5, 5.41) is 9.42. The molecule has 0 saturated carbocycles. The van der Waals surface area contributed by atoms with Crippen LogP contribution in [-0.2, 0) is 11.3 Å². The SMILES string of the molecule is C[C@@H]1CCC(=O)[N+]1(Cc1ccccc1)C(=O)O. The minimum Gasteiger partial charge on any atom is -0.435 e. The molecule has 1 fully saturated rings. The zero-order valence-electron chi connectivity index (χ0n) is 9.80. The van der Waals surface area contributed by atoms with E-state index in [-0.39, 0.29) is 18.5 Å². The Hall–Kier alpha value is -1.68. The monoisotopic (exact) mass is 234 g/mol. The number of amides is 2. The van der Waals surface area contributed by atoms with E-state index >= 15 is 0 Å². The number of nitrogens with zero attached hydrogens (tertiary/aromatic N) is 1. The van der Waals surface area contributed by atoms with Crippen LogP contribution in [-0.4, -0.2) is 27.6 Å². The lowest BCUT2D eigenvalue weighted by Crippen LogP contribution is -2.56. The fourth-order valence-corrected chi connectivity index (χ4v) is 2.48. The quantitative estimate of drug-likeness (QED) is 0.799. The smallest absolute Gasteiger partial charge is 0.435 e. The van der Waals surface area contributed by atoms with Crippen LogP contribution in [0.15, 0.2) is 30.3 Å². The first-order chi connectivity index (χ1) is 8.07. The number of hydrogen-bond donors (Lipinski definition) is 1. The molecule has 1 N–H and O–H groups in total. The standard InChI is InChI=1S/C13H15NO3/c1-10-7-8-12(15)14(10,13(16)17)9-11-5-3-2-4-6-11/h2-6,10H,7-9H2,1H3/p+1/t10-,14?/m1/s1. The largest absolute Gasteiger partial charge is 0.521 e. The second kappa shape index (κ2) is 4.30. The number of carboxylic acid groups (broad SMARTS) is 1. The van der Waals surface area contributed by atoms with E-state index in [1.54, 1.807) is 0 Å². The van der Waals surface area contributed by atoms with Gasteiger partial charge in [-0.05, 0) is 6.92 Å². The summed E-state index contributed by atoms with van der Waals surface area (Å²) >= 11 is 0. The number of imide groups is 1. The average Bonchev–Trinajstić information content (AvgIpc) is 2.59. The van der Waals surface area contributed by atoms with Crippen molar-refractivity contribution in [3.63, 3.8) is 0 Å². The van der Waals surface area contributed by atoms with Gasteiger partial charge in [0.1, 0.15) is 12.6 Å². The van der Waals surface area contributed by atoms with Crippen LogP contribution in [0.2, 0.25) is 0 Å². The predicted molar refractivity (Wildman–Crippen MR) is 62.1 cm³/mol. The van der Waals surface area contributed by atoms with Gasteiger partial charge in [-0.3, -0.25) is 0 Å².